The van der Waals surface area contributed by atoms with Gasteiger partial charge in [0.25, 0.3) is 10.1 Å². The highest BCUT2D eigenvalue weighted by molar-refractivity contribution is 7.86. The summed E-state index contributed by atoms with van der Waals surface area (Å²) in [6, 6.07) is 11.7. The maximum absolute atomic E-state index is 12.0. The third-order valence-corrected chi connectivity index (χ3v) is 6.81. The van der Waals surface area contributed by atoms with Crippen molar-refractivity contribution in [3.63, 3.8) is 0 Å². The summed E-state index contributed by atoms with van der Waals surface area (Å²) in [7, 11) is -3.25. The number of hydrogen-bond donors (Lipinski definition) is 5. The molecule has 39 heavy (non-hydrogen) atoms. The van der Waals surface area contributed by atoms with Crippen LogP contribution in [0.2, 0.25) is 0 Å². The molecule has 0 radical (unpaired) electrons. The van der Waals surface area contributed by atoms with Gasteiger partial charge in [0.05, 0.1) is 24.2 Å². The SMILES string of the molecule is COc1cc(NCCCCCO)c(C)cc1N=Nc1cc(S(=O)(=O)O)c(N)c(N=Nc2ccccc2C)c1N. The van der Waals surface area contributed by atoms with Crippen LogP contribution < -0.4 is 21.5 Å². The zero-order valence-corrected chi connectivity index (χ0v) is 22.9. The summed E-state index contributed by atoms with van der Waals surface area (Å²) in [4.78, 5) is -0.617. The van der Waals surface area contributed by atoms with Crippen molar-refractivity contribution >= 4 is 49.9 Å². The summed E-state index contributed by atoms with van der Waals surface area (Å²) >= 11 is 0. The Morgan fingerprint density at radius 2 is 1.56 bits per heavy atom. The molecule has 0 saturated carbocycles. The fourth-order valence-corrected chi connectivity index (χ4v) is 4.33. The number of nitrogen functional groups attached to an aromatic ring is 2. The Morgan fingerprint density at radius 3 is 2.23 bits per heavy atom. The van der Waals surface area contributed by atoms with E-state index >= 15 is 0 Å². The number of azo groups is 2. The molecule has 0 atom stereocenters. The number of nitrogens with one attached hydrogen (secondary N) is 1. The molecule has 0 aliphatic rings. The number of hydrogen-bond acceptors (Lipinski definition) is 11. The summed E-state index contributed by atoms with van der Waals surface area (Å²) < 4.78 is 39.3. The van der Waals surface area contributed by atoms with E-state index in [0.717, 1.165) is 48.7 Å². The zero-order chi connectivity index (χ0) is 28.6. The monoisotopic (exact) mass is 555 g/mol. The highest BCUT2D eigenvalue weighted by Gasteiger charge is 2.22. The van der Waals surface area contributed by atoms with Crippen LogP contribution in [0.4, 0.5) is 39.8 Å². The molecule has 0 saturated heterocycles. The predicted octanol–water partition coefficient (Wildman–Crippen LogP) is 6.13. The number of benzene rings is 3. The van der Waals surface area contributed by atoms with Crippen LogP contribution in [-0.4, -0.2) is 38.3 Å². The lowest BCUT2D eigenvalue weighted by Gasteiger charge is -2.13. The second kappa shape index (κ2) is 13.1. The summed E-state index contributed by atoms with van der Waals surface area (Å²) in [5.41, 5.74) is 15.0. The van der Waals surface area contributed by atoms with Crippen LogP contribution in [0, 0.1) is 13.8 Å². The Morgan fingerprint density at radius 1 is 0.872 bits per heavy atom. The smallest absolute Gasteiger partial charge is 0.296 e. The Balaban J connectivity index is 2.00. The van der Waals surface area contributed by atoms with Crippen LogP contribution >= 0.6 is 0 Å². The van der Waals surface area contributed by atoms with Crippen molar-refractivity contribution < 1.29 is 22.8 Å². The Hall–Kier alpha value is -4.07. The summed E-state index contributed by atoms with van der Waals surface area (Å²) in [5, 5.41) is 28.9. The quantitative estimate of drug-likeness (QED) is 0.0760. The van der Waals surface area contributed by atoms with Crippen LogP contribution in [0.5, 0.6) is 5.75 Å². The van der Waals surface area contributed by atoms with Crippen molar-refractivity contribution in [1.29, 1.82) is 0 Å². The second-order valence-corrected chi connectivity index (χ2v) is 10.2. The third kappa shape index (κ3) is 7.50. The van der Waals surface area contributed by atoms with Crippen LogP contribution in [0.3, 0.4) is 0 Å². The van der Waals surface area contributed by atoms with E-state index in [4.69, 9.17) is 21.3 Å². The van der Waals surface area contributed by atoms with Gasteiger partial charge in [0.1, 0.15) is 27.7 Å². The first-order chi connectivity index (χ1) is 18.6. The Bertz CT molecular complexity index is 1490. The van der Waals surface area contributed by atoms with Gasteiger partial charge < -0.3 is 26.6 Å². The fraction of sp³-hybridized carbons (Fsp3) is 0.308. The molecule has 3 rings (SSSR count). The lowest BCUT2D eigenvalue weighted by atomic mass is 10.1. The molecule has 0 aliphatic carbocycles. The zero-order valence-electron chi connectivity index (χ0n) is 22.0. The fourth-order valence-electron chi connectivity index (χ4n) is 3.70. The molecular weight excluding hydrogens is 522 g/mol. The Labute approximate surface area is 227 Å². The molecule has 13 heteroatoms. The minimum absolute atomic E-state index is 0.0714. The van der Waals surface area contributed by atoms with Gasteiger partial charge in [0.15, 0.2) is 0 Å². The number of aliphatic hydroxyl groups excluding tert-OH is 1. The number of nitrogens with zero attached hydrogens (tertiary/aromatic N) is 4. The van der Waals surface area contributed by atoms with E-state index < -0.39 is 15.0 Å². The van der Waals surface area contributed by atoms with Crippen molar-refractivity contribution in [1.82, 2.24) is 0 Å². The number of ether oxygens (including phenoxy) is 1. The molecule has 0 amide bonds. The number of methoxy groups -OCH3 is 1. The van der Waals surface area contributed by atoms with Gasteiger partial charge in [-0.3, -0.25) is 4.55 Å². The van der Waals surface area contributed by atoms with E-state index in [-0.39, 0.29) is 29.4 Å². The molecule has 0 spiro atoms. The van der Waals surface area contributed by atoms with E-state index in [0.29, 0.717) is 17.1 Å². The van der Waals surface area contributed by atoms with Crippen molar-refractivity contribution in [3.05, 3.63) is 53.6 Å². The molecule has 0 aliphatic heterocycles. The normalized spacial score (nSPS) is 11.9. The summed E-state index contributed by atoms with van der Waals surface area (Å²) in [6.45, 7) is 4.63. The number of rotatable bonds is 12. The number of nitrogens with two attached hydrogens (primary N) is 2. The molecule has 7 N–H and O–H groups in total. The predicted molar refractivity (Wildman–Crippen MR) is 152 cm³/mol. The van der Waals surface area contributed by atoms with Crippen LogP contribution in [0.25, 0.3) is 0 Å². The molecule has 3 aromatic carbocycles. The molecular formula is C26H33N7O5S. The lowest BCUT2D eigenvalue weighted by molar-refractivity contribution is 0.283. The van der Waals surface area contributed by atoms with Crippen LogP contribution in [-0.2, 0) is 10.1 Å². The van der Waals surface area contributed by atoms with Crippen LogP contribution in [0.15, 0.2) is 67.8 Å². The highest BCUT2D eigenvalue weighted by Crippen LogP contribution is 2.44. The van der Waals surface area contributed by atoms with Crippen molar-refractivity contribution in [2.75, 3.05) is 37.0 Å². The van der Waals surface area contributed by atoms with Gasteiger partial charge in [0, 0.05) is 24.9 Å². The van der Waals surface area contributed by atoms with E-state index in [9.17, 15) is 13.0 Å². The molecule has 208 valence electrons. The van der Waals surface area contributed by atoms with Gasteiger partial charge in [-0.15, -0.1) is 15.3 Å². The maximum Gasteiger partial charge on any atom is 0.296 e. The average molecular weight is 556 g/mol. The lowest BCUT2D eigenvalue weighted by Crippen LogP contribution is -2.05. The van der Waals surface area contributed by atoms with Crippen LogP contribution in [0.1, 0.15) is 30.4 Å². The summed E-state index contributed by atoms with van der Waals surface area (Å²) in [5.74, 6) is 0.422. The summed E-state index contributed by atoms with van der Waals surface area (Å²) in [6.07, 6.45) is 2.57. The van der Waals surface area contributed by atoms with Gasteiger partial charge in [-0.25, -0.2) is 0 Å². The molecule has 0 unspecified atom stereocenters. The van der Waals surface area contributed by atoms with Crippen molar-refractivity contribution in [2.24, 2.45) is 20.5 Å². The molecule has 0 fully saturated rings. The van der Waals surface area contributed by atoms with Gasteiger partial charge in [-0.1, -0.05) is 18.2 Å². The largest absolute Gasteiger partial charge is 0.494 e. The topological polar surface area (TPSA) is 197 Å². The first-order valence-electron chi connectivity index (χ1n) is 12.2. The number of unbranched alkanes of at least 4 members (excludes halogenated alkanes) is 2. The standard InChI is InChI=1S/C26H33N7O5S/c1-16-9-5-6-10-18(16)30-33-26-24(27)21(15-23(25(26)28)39(35,36)37)32-31-20-13-17(2)19(14-22(20)38-3)29-11-7-4-8-12-34/h5-6,9-10,13-15,29,34H,4,7-8,11-12,27-28H2,1-3H3,(H,35,36,37). The van der Waals surface area contributed by atoms with Gasteiger partial charge >= 0.3 is 0 Å². The van der Waals surface area contributed by atoms with Gasteiger partial charge in [-0.05, 0) is 62.4 Å². The average Bonchev–Trinajstić information content (AvgIpc) is 2.89. The molecule has 12 nitrogen and oxygen atoms in total. The van der Waals surface area contributed by atoms with E-state index in [1.54, 1.807) is 24.3 Å². The maximum atomic E-state index is 12.0. The third-order valence-electron chi connectivity index (χ3n) is 5.91. The minimum Gasteiger partial charge on any atom is -0.494 e. The van der Waals surface area contributed by atoms with E-state index in [1.165, 1.54) is 7.11 Å². The van der Waals surface area contributed by atoms with Gasteiger partial charge in [-0.2, -0.15) is 13.5 Å². The Kier molecular flexibility index (Phi) is 9.93. The molecule has 0 heterocycles. The van der Waals surface area contributed by atoms with Gasteiger partial charge in [0.2, 0.25) is 0 Å². The highest BCUT2D eigenvalue weighted by atomic mass is 32.2. The first kappa shape index (κ1) is 29.5. The van der Waals surface area contributed by atoms with Crippen molar-refractivity contribution in [3.8, 4) is 5.75 Å². The van der Waals surface area contributed by atoms with E-state index in [1.807, 2.05) is 26.0 Å². The first-order valence-corrected chi connectivity index (χ1v) is 13.6. The van der Waals surface area contributed by atoms with E-state index in [2.05, 4.69) is 25.8 Å². The minimum atomic E-state index is -4.74. The number of aryl methyl sites for hydroxylation is 2. The second-order valence-electron chi connectivity index (χ2n) is 8.78. The number of anilines is 3. The number of aliphatic hydroxyl groups is 1. The molecule has 0 aromatic heterocycles. The van der Waals surface area contributed by atoms with Crippen molar-refractivity contribution in [2.45, 2.75) is 38.0 Å². The molecule has 0 bridgehead atoms. The molecule has 3 aromatic rings.